The molecule has 0 saturated carbocycles. The molecule has 0 radical (unpaired) electrons. The van der Waals surface area contributed by atoms with Crippen molar-refractivity contribution in [2.24, 2.45) is 0 Å². The van der Waals surface area contributed by atoms with E-state index in [-0.39, 0.29) is 0 Å². The van der Waals surface area contributed by atoms with Gasteiger partial charge in [-0.25, -0.2) is 0 Å². The molecule has 0 aromatic heterocycles. The van der Waals surface area contributed by atoms with Crippen molar-refractivity contribution < 1.29 is 0 Å². The molecule has 0 N–H and O–H groups in total. The summed E-state index contributed by atoms with van der Waals surface area (Å²) in [7, 11) is 0. The van der Waals surface area contributed by atoms with Gasteiger partial charge in [-0.05, 0) is 20.3 Å². The van der Waals surface area contributed by atoms with E-state index in [1.807, 2.05) is 19.9 Å². The summed E-state index contributed by atoms with van der Waals surface area (Å²) in [6.45, 7) is 23.4. The minimum atomic E-state index is 1.02. The molecule has 80 valence electrons. The molecule has 0 heterocycles. The fourth-order valence-corrected chi connectivity index (χ4v) is 0. The highest BCUT2D eigenvalue weighted by atomic mass is 13.7. The highest BCUT2D eigenvalue weighted by Gasteiger charge is 1.59. The van der Waals surface area contributed by atoms with Gasteiger partial charge in [0.1, 0.15) is 0 Å². The van der Waals surface area contributed by atoms with E-state index in [0.29, 0.717) is 0 Å². The molecule has 0 saturated heterocycles. The minimum absolute atomic E-state index is 1.02. The van der Waals surface area contributed by atoms with E-state index in [1.165, 1.54) is 0 Å². The molecular formula is C14H24. The lowest BCUT2D eigenvalue weighted by molar-refractivity contribution is 1.23. The molecule has 0 aliphatic heterocycles. The summed E-state index contributed by atoms with van der Waals surface area (Å²) in [4.78, 5) is 0. The summed E-state index contributed by atoms with van der Waals surface area (Å²) in [5.74, 6) is 0. The van der Waals surface area contributed by atoms with E-state index < -0.39 is 0 Å². The van der Waals surface area contributed by atoms with Gasteiger partial charge in [0.25, 0.3) is 0 Å². The van der Waals surface area contributed by atoms with Crippen LogP contribution in [0.25, 0.3) is 0 Å². The molecule has 0 aromatic carbocycles. The molecule has 0 atom stereocenters. The molecule has 0 rings (SSSR count). The fraction of sp³-hybridized carbons (Fsp3) is 0.286. The Balaban J connectivity index is -0.000000131. The van der Waals surface area contributed by atoms with Crippen LogP contribution in [-0.2, 0) is 0 Å². The summed E-state index contributed by atoms with van der Waals surface area (Å²) < 4.78 is 0. The van der Waals surface area contributed by atoms with Gasteiger partial charge in [0.15, 0.2) is 0 Å². The van der Waals surface area contributed by atoms with Crippen LogP contribution in [0.3, 0.4) is 0 Å². The average Bonchev–Trinajstić information content (AvgIpc) is 2.19. The molecule has 0 heteroatoms. The predicted molar refractivity (Wildman–Crippen MR) is 70.5 cm³/mol. The van der Waals surface area contributed by atoms with E-state index in [1.54, 1.807) is 12.2 Å². The Morgan fingerprint density at radius 2 is 1.07 bits per heavy atom. The van der Waals surface area contributed by atoms with Gasteiger partial charge in [-0.15, -0.1) is 6.58 Å². The first kappa shape index (κ1) is 18.5. The van der Waals surface area contributed by atoms with E-state index >= 15 is 0 Å². The highest BCUT2D eigenvalue weighted by molar-refractivity contribution is 5.06. The minimum Gasteiger partial charge on any atom is -0.103 e. The van der Waals surface area contributed by atoms with E-state index in [0.717, 1.165) is 17.6 Å². The van der Waals surface area contributed by atoms with Crippen LogP contribution in [0.4, 0.5) is 0 Å². The maximum absolute atomic E-state index is 3.56. The molecule has 0 nitrogen and oxygen atoms in total. The van der Waals surface area contributed by atoms with Crippen LogP contribution in [0.15, 0.2) is 62.3 Å². The van der Waals surface area contributed by atoms with Gasteiger partial charge in [0.2, 0.25) is 0 Å². The van der Waals surface area contributed by atoms with Crippen molar-refractivity contribution in [2.75, 3.05) is 0 Å². The zero-order valence-corrected chi connectivity index (χ0v) is 9.97. The zero-order valence-electron chi connectivity index (χ0n) is 9.97. The average molecular weight is 192 g/mol. The number of rotatable bonds is 3. The largest absolute Gasteiger partial charge is 0.103 e. The van der Waals surface area contributed by atoms with Gasteiger partial charge in [-0.2, -0.15) is 0 Å². The number of allylic oxidation sites excluding steroid dienone is 5. The summed E-state index contributed by atoms with van der Waals surface area (Å²) in [6.07, 6.45) is 6.40. The molecule has 0 bridgehead atoms. The normalized spacial score (nSPS) is 6.50. The topological polar surface area (TPSA) is 0 Å². The summed E-state index contributed by atoms with van der Waals surface area (Å²) >= 11 is 0. The maximum Gasteiger partial charge on any atom is -0.0382 e. The van der Waals surface area contributed by atoms with Crippen LogP contribution in [0.5, 0.6) is 0 Å². The fourth-order valence-electron chi connectivity index (χ4n) is 0. The van der Waals surface area contributed by atoms with Crippen LogP contribution in [-0.4, -0.2) is 0 Å². The second kappa shape index (κ2) is 17.7. The van der Waals surface area contributed by atoms with Crippen molar-refractivity contribution in [1.29, 1.82) is 0 Å². The quantitative estimate of drug-likeness (QED) is 0.432. The Hall–Kier alpha value is -1.30. The lowest BCUT2D eigenvalue weighted by atomic mass is 10.4. The van der Waals surface area contributed by atoms with Gasteiger partial charge in [-0.1, -0.05) is 62.6 Å². The zero-order chi connectivity index (χ0) is 12.0. The van der Waals surface area contributed by atoms with Gasteiger partial charge >= 0.3 is 0 Å². The Kier molecular flexibility index (Phi) is 23.4. The number of hydrogen-bond donors (Lipinski definition) is 0. The molecule has 14 heavy (non-hydrogen) atoms. The third kappa shape index (κ3) is 73.5. The molecule has 0 aliphatic carbocycles. The van der Waals surface area contributed by atoms with Crippen molar-refractivity contribution in [2.45, 2.75) is 27.2 Å². The molecule has 0 spiro atoms. The molecule has 0 fully saturated rings. The van der Waals surface area contributed by atoms with Gasteiger partial charge < -0.3 is 0 Å². The van der Waals surface area contributed by atoms with Gasteiger partial charge in [0.05, 0.1) is 0 Å². The molecule has 0 aromatic rings. The van der Waals surface area contributed by atoms with Gasteiger partial charge in [-0.3, -0.25) is 0 Å². The van der Waals surface area contributed by atoms with Crippen molar-refractivity contribution in [3.63, 3.8) is 0 Å². The van der Waals surface area contributed by atoms with E-state index in [2.05, 4.69) is 39.8 Å². The smallest absolute Gasteiger partial charge is 0.0382 e. The maximum atomic E-state index is 3.56. The Morgan fingerprint density at radius 1 is 0.929 bits per heavy atom. The third-order valence-corrected chi connectivity index (χ3v) is 0.986. The van der Waals surface area contributed by atoms with Crippen LogP contribution < -0.4 is 0 Å². The SMILES string of the molecule is C=CC(=C)C.C=CC(=C)C.C=CCC. The van der Waals surface area contributed by atoms with Crippen LogP contribution in [0, 0.1) is 0 Å². The second-order valence-electron chi connectivity index (χ2n) is 2.80. The lowest BCUT2D eigenvalue weighted by Gasteiger charge is -1.71. The van der Waals surface area contributed by atoms with E-state index in [9.17, 15) is 0 Å². The van der Waals surface area contributed by atoms with Gasteiger partial charge in [0, 0.05) is 0 Å². The van der Waals surface area contributed by atoms with Crippen molar-refractivity contribution in [1.82, 2.24) is 0 Å². The van der Waals surface area contributed by atoms with Crippen LogP contribution in [0.2, 0.25) is 0 Å². The summed E-state index contributed by atoms with van der Waals surface area (Å²) in [5, 5.41) is 0. The first-order chi connectivity index (χ1) is 6.45. The molecular weight excluding hydrogens is 168 g/mol. The second-order valence-corrected chi connectivity index (χ2v) is 2.80. The van der Waals surface area contributed by atoms with Crippen molar-refractivity contribution >= 4 is 0 Å². The van der Waals surface area contributed by atoms with Crippen molar-refractivity contribution in [3.8, 4) is 0 Å². The Labute approximate surface area is 90.0 Å². The summed E-state index contributed by atoms with van der Waals surface area (Å²) in [6, 6.07) is 0. The first-order valence-electron chi connectivity index (χ1n) is 4.62. The van der Waals surface area contributed by atoms with E-state index in [4.69, 9.17) is 0 Å². The Morgan fingerprint density at radius 3 is 1.07 bits per heavy atom. The molecule has 0 aliphatic rings. The Bertz CT molecular complexity index is 164. The van der Waals surface area contributed by atoms with Crippen LogP contribution >= 0.6 is 0 Å². The number of hydrogen-bond acceptors (Lipinski definition) is 0. The monoisotopic (exact) mass is 192 g/mol. The summed E-state index contributed by atoms with van der Waals surface area (Å²) in [5.41, 5.74) is 2.04. The first-order valence-corrected chi connectivity index (χ1v) is 4.62. The van der Waals surface area contributed by atoms with Crippen molar-refractivity contribution in [3.05, 3.63) is 62.3 Å². The van der Waals surface area contributed by atoms with Crippen LogP contribution in [0.1, 0.15) is 27.2 Å². The lowest BCUT2D eigenvalue weighted by Crippen LogP contribution is -1.50. The molecule has 0 unspecified atom stereocenters. The molecule has 0 amide bonds. The predicted octanol–water partition coefficient (Wildman–Crippen LogP) is 5.08. The third-order valence-electron chi connectivity index (χ3n) is 0.986. The standard InChI is InChI=1S/2C5H8.C4H8/c2*1-4-5(2)3;1-3-4-2/h2*4H,1-2H2,3H3;3H,1,4H2,2H3. The highest BCUT2D eigenvalue weighted by Crippen LogP contribution is 1.81.